The van der Waals surface area contributed by atoms with Gasteiger partial charge in [0.05, 0.1) is 0 Å². The molecule has 0 radical (unpaired) electrons. The Morgan fingerprint density at radius 1 is 1.00 bits per heavy atom. The van der Waals surface area contributed by atoms with Crippen LogP contribution in [0.2, 0.25) is 0 Å². The molecule has 1 saturated heterocycles. The first-order chi connectivity index (χ1) is 12.2. The molecule has 1 heterocycles. The van der Waals surface area contributed by atoms with Crippen LogP contribution in [-0.4, -0.2) is 47.9 Å². The fourth-order valence-corrected chi connectivity index (χ4v) is 3.77. The lowest BCUT2D eigenvalue weighted by Gasteiger charge is -2.40. The Bertz CT molecular complexity index is 627. The van der Waals surface area contributed by atoms with E-state index in [1.54, 1.807) is 42.5 Å². The molecule has 1 amide bonds. The van der Waals surface area contributed by atoms with E-state index in [0.29, 0.717) is 5.56 Å². The molecular formula is C21H27FN2O. The molecule has 1 aliphatic heterocycles. The van der Waals surface area contributed by atoms with Crippen molar-refractivity contribution in [3.63, 3.8) is 0 Å². The van der Waals surface area contributed by atoms with Crippen LogP contribution in [0.4, 0.5) is 4.39 Å². The molecule has 2 fully saturated rings. The Kier molecular flexibility index (Phi) is 6.40. The Balaban J connectivity index is 1.45. The number of amides is 1. The van der Waals surface area contributed by atoms with Crippen molar-refractivity contribution < 1.29 is 9.18 Å². The second-order valence-corrected chi connectivity index (χ2v) is 6.89. The third-order valence-electron chi connectivity index (χ3n) is 5.25. The van der Waals surface area contributed by atoms with E-state index in [1.165, 1.54) is 38.2 Å². The molecule has 0 bridgehead atoms. The number of allylic oxidation sites excluding steroid dienone is 2. The van der Waals surface area contributed by atoms with Crippen molar-refractivity contribution in [2.24, 2.45) is 0 Å². The van der Waals surface area contributed by atoms with Gasteiger partial charge >= 0.3 is 0 Å². The Morgan fingerprint density at radius 3 is 2.44 bits per heavy atom. The van der Waals surface area contributed by atoms with Gasteiger partial charge in [-0.15, -0.1) is 0 Å². The van der Waals surface area contributed by atoms with Crippen LogP contribution >= 0.6 is 0 Å². The minimum Gasteiger partial charge on any atom is -0.337 e. The zero-order valence-electron chi connectivity index (χ0n) is 14.7. The molecule has 1 aliphatic carbocycles. The number of carbonyl (C=O) groups excluding carboxylic acids is 1. The van der Waals surface area contributed by atoms with Gasteiger partial charge in [0.1, 0.15) is 5.82 Å². The average Bonchev–Trinajstić information content (AvgIpc) is 2.67. The fraction of sp³-hybridized carbons (Fsp3) is 0.476. The molecule has 4 heteroatoms. The second-order valence-electron chi connectivity index (χ2n) is 6.89. The third-order valence-corrected chi connectivity index (χ3v) is 5.25. The summed E-state index contributed by atoms with van der Waals surface area (Å²) in [7, 11) is 0. The van der Waals surface area contributed by atoms with Crippen LogP contribution in [0.1, 0.15) is 37.7 Å². The van der Waals surface area contributed by atoms with Crippen molar-refractivity contribution >= 4 is 12.0 Å². The molecular weight excluding hydrogens is 315 g/mol. The highest BCUT2D eigenvalue weighted by Crippen LogP contribution is 2.23. The lowest BCUT2D eigenvalue weighted by Crippen LogP contribution is -2.52. The lowest BCUT2D eigenvalue weighted by atomic mass is 9.94. The summed E-state index contributed by atoms with van der Waals surface area (Å²) in [6.07, 6.45) is 13.4. The summed E-state index contributed by atoms with van der Waals surface area (Å²) in [6, 6.07) is 7.33. The first-order valence-corrected chi connectivity index (χ1v) is 9.36. The minimum absolute atomic E-state index is 0.0430. The molecule has 2 aliphatic rings. The van der Waals surface area contributed by atoms with Crippen molar-refractivity contribution in [1.29, 1.82) is 0 Å². The maximum absolute atomic E-state index is 13.5. The molecule has 0 spiro atoms. The first kappa shape index (κ1) is 17.9. The number of benzene rings is 1. The molecule has 0 unspecified atom stereocenters. The van der Waals surface area contributed by atoms with E-state index >= 15 is 0 Å². The van der Waals surface area contributed by atoms with E-state index in [-0.39, 0.29) is 11.7 Å². The molecule has 134 valence electrons. The standard InChI is InChI=1S/C21H27FN2O/c22-20-12-6-4-8-18(20)9-5-7-13-21(25)24-16-14-23(15-17-24)19-10-2-1-3-11-19/h4-9,12-13,19H,1-3,10-11,14-17H2/b9-5+,13-7+. The largest absolute Gasteiger partial charge is 0.337 e. The number of hydrogen-bond acceptors (Lipinski definition) is 2. The normalized spacial score (nSPS) is 20.6. The van der Waals surface area contributed by atoms with Gasteiger partial charge in [-0.3, -0.25) is 9.69 Å². The third kappa shape index (κ3) is 5.02. The van der Waals surface area contributed by atoms with Crippen molar-refractivity contribution in [3.05, 3.63) is 53.9 Å². The molecule has 1 aromatic carbocycles. The van der Waals surface area contributed by atoms with Gasteiger partial charge in [-0.25, -0.2) is 4.39 Å². The Labute approximate surface area is 149 Å². The van der Waals surface area contributed by atoms with Gasteiger partial charge in [0.25, 0.3) is 0 Å². The highest BCUT2D eigenvalue weighted by atomic mass is 19.1. The fourth-order valence-electron chi connectivity index (χ4n) is 3.77. The number of piperazine rings is 1. The summed E-state index contributed by atoms with van der Waals surface area (Å²) >= 11 is 0. The first-order valence-electron chi connectivity index (χ1n) is 9.36. The summed E-state index contributed by atoms with van der Waals surface area (Å²) in [5, 5.41) is 0. The summed E-state index contributed by atoms with van der Waals surface area (Å²) in [4.78, 5) is 16.7. The lowest BCUT2D eigenvalue weighted by molar-refractivity contribution is -0.128. The van der Waals surface area contributed by atoms with Crippen molar-refractivity contribution in [2.75, 3.05) is 26.2 Å². The molecule has 0 N–H and O–H groups in total. The summed E-state index contributed by atoms with van der Waals surface area (Å²) < 4.78 is 13.5. The van der Waals surface area contributed by atoms with Crippen LogP contribution in [0, 0.1) is 5.82 Å². The molecule has 0 aromatic heterocycles. The highest BCUT2D eigenvalue weighted by Gasteiger charge is 2.26. The Morgan fingerprint density at radius 2 is 1.72 bits per heavy atom. The van der Waals surface area contributed by atoms with Crippen molar-refractivity contribution in [3.8, 4) is 0 Å². The second kappa shape index (κ2) is 8.95. The summed E-state index contributed by atoms with van der Waals surface area (Å²) in [5.74, 6) is -0.209. The van der Waals surface area contributed by atoms with Gasteiger partial charge in [-0.05, 0) is 18.9 Å². The van der Waals surface area contributed by atoms with E-state index in [2.05, 4.69) is 4.90 Å². The summed E-state index contributed by atoms with van der Waals surface area (Å²) in [5.41, 5.74) is 0.528. The monoisotopic (exact) mass is 342 g/mol. The summed E-state index contributed by atoms with van der Waals surface area (Å²) in [6.45, 7) is 3.57. The van der Waals surface area contributed by atoms with E-state index < -0.39 is 0 Å². The van der Waals surface area contributed by atoms with Crippen molar-refractivity contribution in [1.82, 2.24) is 9.80 Å². The van der Waals surface area contributed by atoms with Crippen LogP contribution in [0.5, 0.6) is 0 Å². The number of carbonyl (C=O) groups is 1. The van der Waals surface area contributed by atoms with Gasteiger partial charge < -0.3 is 4.90 Å². The smallest absolute Gasteiger partial charge is 0.246 e. The van der Waals surface area contributed by atoms with Gasteiger partial charge in [0.2, 0.25) is 5.91 Å². The minimum atomic E-state index is -0.252. The molecule has 1 aromatic rings. The predicted octanol–water partition coefficient (Wildman–Crippen LogP) is 3.87. The predicted molar refractivity (Wildman–Crippen MR) is 99.6 cm³/mol. The van der Waals surface area contributed by atoms with Crippen LogP contribution in [0.3, 0.4) is 0 Å². The molecule has 25 heavy (non-hydrogen) atoms. The van der Waals surface area contributed by atoms with Crippen LogP contribution in [-0.2, 0) is 4.79 Å². The molecule has 3 nitrogen and oxygen atoms in total. The van der Waals surface area contributed by atoms with E-state index in [4.69, 9.17) is 0 Å². The number of hydrogen-bond donors (Lipinski definition) is 0. The highest BCUT2D eigenvalue weighted by molar-refractivity contribution is 5.88. The number of halogens is 1. The molecule has 0 atom stereocenters. The van der Waals surface area contributed by atoms with Crippen LogP contribution < -0.4 is 0 Å². The van der Waals surface area contributed by atoms with Crippen LogP contribution in [0.15, 0.2) is 42.5 Å². The molecule has 1 saturated carbocycles. The van der Waals surface area contributed by atoms with E-state index in [0.717, 1.165) is 32.2 Å². The Hall–Kier alpha value is -1.94. The average molecular weight is 342 g/mol. The maximum Gasteiger partial charge on any atom is 0.246 e. The van der Waals surface area contributed by atoms with Crippen molar-refractivity contribution in [2.45, 2.75) is 38.1 Å². The zero-order valence-corrected chi connectivity index (χ0v) is 14.7. The maximum atomic E-state index is 13.5. The quantitative estimate of drug-likeness (QED) is 0.612. The van der Waals surface area contributed by atoms with Gasteiger partial charge in [0, 0.05) is 43.9 Å². The van der Waals surface area contributed by atoms with Gasteiger partial charge in [-0.1, -0.05) is 55.7 Å². The topological polar surface area (TPSA) is 23.6 Å². The van der Waals surface area contributed by atoms with Crippen LogP contribution in [0.25, 0.3) is 6.08 Å². The number of rotatable bonds is 4. The van der Waals surface area contributed by atoms with Gasteiger partial charge in [-0.2, -0.15) is 0 Å². The van der Waals surface area contributed by atoms with E-state index in [9.17, 15) is 9.18 Å². The SMILES string of the molecule is O=C(/C=C/C=C/c1ccccc1F)N1CCN(C2CCCCC2)CC1. The van der Waals surface area contributed by atoms with Gasteiger partial charge in [0.15, 0.2) is 0 Å². The van der Waals surface area contributed by atoms with E-state index in [1.807, 2.05) is 4.90 Å². The number of nitrogens with zero attached hydrogens (tertiary/aromatic N) is 2. The molecule has 3 rings (SSSR count). The zero-order chi connectivity index (χ0) is 17.5.